The molecule has 1 aliphatic heterocycles. The van der Waals surface area contributed by atoms with Crippen molar-refractivity contribution in [3.8, 4) is 0 Å². The van der Waals surface area contributed by atoms with Crippen molar-refractivity contribution in [3.63, 3.8) is 0 Å². The van der Waals surface area contributed by atoms with Crippen molar-refractivity contribution in [2.45, 2.75) is 44.0 Å². The van der Waals surface area contributed by atoms with Crippen molar-refractivity contribution in [2.75, 3.05) is 25.5 Å². The molecule has 0 radical (unpaired) electrons. The number of nitrogens with one attached hydrogen (secondary N) is 1. The molecular formula is C21H25F3N4O3. The van der Waals surface area contributed by atoms with E-state index in [1.54, 1.807) is 29.1 Å². The fourth-order valence-corrected chi connectivity index (χ4v) is 3.68. The van der Waals surface area contributed by atoms with Crippen molar-refractivity contribution in [3.05, 3.63) is 48.2 Å². The zero-order valence-electron chi connectivity index (χ0n) is 17.1. The van der Waals surface area contributed by atoms with Gasteiger partial charge in [0.15, 0.2) is 6.10 Å². The van der Waals surface area contributed by atoms with Gasteiger partial charge in [-0.15, -0.1) is 0 Å². The summed E-state index contributed by atoms with van der Waals surface area (Å²) in [6, 6.07) is 10.7. The Morgan fingerprint density at radius 2 is 1.87 bits per heavy atom. The molecule has 1 aliphatic rings. The highest BCUT2D eigenvalue weighted by atomic mass is 19.4. The van der Waals surface area contributed by atoms with Crippen LogP contribution < -0.4 is 5.32 Å². The van der Waals surface area contributed by atoms with Crippen molar-refractivity contribution < 1.29 is 27.5 Å². The minimum Gasteiger partial charge on any atom is -0.367 e. The predicted octanol–water partition coefficient (Wildman–Crippen LogP) is 3.72. The summed E-state index contributed by atoms with van der Waals surface area (Å²) in [6.45, 7) is 0.693. The molecule has 1 aromatic heterocycles. The number of ether oxygens (including phenoxy) is 1. The number of halogens is 3. The maximum Gasteiger partial charge on any atom is 0.389 e. The van der Waals surface area contributed by atoms with Crippen LogP contribution in [0.5, 0.6) is 0 Å². The fourth-order valence-electron chi connectivity index (χ4n) is 3.68. The third-order valence-corrected chi connectivity index (χ3v) is 5.28. The predicted molar refractivity (Wildman–Crippen MR) is 107 cm³/mol. The van der Waals surface area contributed by atoms with Crippen molar-refractivity contribution in [2.24, 2.45) is 0 Å². The second-order valence-electron chi connectivity index (χ2n) is 7.40. The minimum absolute atomic E-state index is 0.0744. The number of methoxy groups -OCH3 is 1. The summed E-state index contributed by atoms with van der Waals surface area (Å²) < 4.78 is 44.1. The third-order valence-electron chi connectivity index (χ3n) is 5.28. The molecular weight excluding hydrogens is 413 g/mol. The summed E-state index contributed by atoms with van der Waals surface area (Å²) in [5.74, 6) is -0.324. The summed E-state index contributed by atoms with van der Waals surface area (Å²) in [5, 5.41) is 7.14. The first kappa shape index (κ1) is 22.8. The molecule has 0 aliphatic carbocycles. The number of hydrogen-bond acceptors (Lipinski definition) is 4. The second-order valence-corrected chi connectivity index (χ2v) is 7.40. The quantitative estimate of drug-likeness (QED) is 0.715. The van der Waals surface area contributed by atoms with Crippen LogP contribution in [-0.4, -0.2) is 52.9 Å². The van der Waals surface area contributed by atoms with Crippen LogP contribution in [0.15, 0.2) is 42.6 Å². The Labute approximate surface area is 178 Å². The highest BCUT2D eigenvalue weighted by molar-refractivity contribution is 5.94. The molecule has 0 bridgehead atoms. The molecule has 1 unspecified atom stereocenters. The normalized spacial score (nSPS) is 16.2. The van der Waals surface area contributed by atoms with Crippen LogP contribution in [0.25, 0.3) is 0 Å². The van der Waals surface area contributed by atoms with E-state index in [9.17, 15) is 22.8 Å². The lowest BCUT2D eigenvalue weighted by Gasteiger charge is -2.33. The fraction of sp³-hybridized carbons (Fsp3) is 0.476. The Morgan fingerprint density at radius 1 is 1.19 bits per heavy atom. The van der Waals surface area contributed by atoms with Crippen LogP contribution in [0, 0.1) is 0 Å². The Hall–Kier alpha value is -2.88. The van der Waals surface area contributed by atoms with E-state index >= 15 is 0 Å². The number of hydrogen-bond donors (Lipinski definition) is 1. The molecule has 0 spiro atoms. The lowest BCUT2D eigenvalue weighted by Crippen LogP contribution is -2.39. The van der Waals surface area contributed by atoms with E-state index in [1.807, 2.05) is 18.2 Å². The van der Waals surface area contributed by atoms with Crippen LogP contribution in [0.3, 0.4) is 0 Å². The molecule has 3 rings (SSSR count). The number of carbonyl (C=O) groups is 2. The zero-order chi connectivity index (χ0) is 22.4. The van der Waals surface area contributed by atoms with Crippen molar-refractivity contribution in [1.82, 2.24) is 14.7 Å². The van der Waals surface area contributed by atoms with Gasteiger partial charge < -0.3 is 15.0 Å². The van der Waals surface area contributed by atoms with Gasteiger partial charge in [-0.05, 0) is 18.4 Å². The summed E-state index contributed by atoms with van der Waals surface area (Å²) in [7, 11) is 1.46. The number of carbonyl (C=O) groups excluding carboxylic acids is 2. The number of anilines is 1. The van der Waals surface area contributed by atoms with Crippen LogP contribution in [0.1, 0.15) is 43.4 Å². The van der Waals surface area contributed by atoms with Gasteiger partial charge in [-0.25, -0.2) is 4.68 Å². The van der Waals surface area contributed by atoms with Gasteiger partial charge in [0.2, 0.25) is 5.91 Å². The molecule has 1 fully saturated rings. The highest BCUT2D eigenvalue weighted by Gasteiger charge is 2.31. The van der Waals surface area contributed by atoms with Gasteiger partial charge >= 0.3 is 6.18 Å². The number of alkyl halides is 3. The Bertz CT molecular complexity index is 877. The lowest BCUT2D eigenvalue weighted by atomic mass is 10.0. The van der Waals surface area contributed by atoms with Gasteiger partial charge in [0.25, 0.3) is 5.91 Å². The van der Waals surface area contributed by atoms with E-state index in [1.165, 1.54) is 12.0 Å². The maximum absolute atomic E-state index is 12.7. The largest absolute Gasteiger partial charge is 0.389 e. The Morgan fingerprint density at radius 3 is 2.48 bits per heavy atom. The van der Waals surface area contributed by atoms with E-state index in [2.05, 4.69) is 10.4 Å². The standard InChI is InChI=1S/C21H25F3N4O3/c1-31-19(15-5-3-2-4-6-15)20(30)26-17-8-12-25-28(17)16-9-13-27(14-10-16)18(29)7-11-21(22,23)24/h2-6,8,12,16,19H,7,9-11,13-14H2,1H3,(H,26,30). The number of rotatable bonds is 7. The van der Waals surface area contributed by atoms with Gasteiger partial charge in [-0.1, -0.05) is 30.3 Å². The average Bonchev–Trinajstić information content (AvgIpc) is 3.21. The highest BCUT2D eigenvalue weighted by Crippen LogP contribution is 2.28. The van der Waals surface area contributed by atoms with E-state index in [0.29, 0.717) is 31.7 Å². The number of piperidine rings is 1. The molecule has 1 saturated heterocycles. The average molecular weight is 438 g/mol. The summed E-state index contributed by atoms with van der Waals surface area (Å²) >= 11 is 0. The number of likely N-dealkylation sites (tertiary alicyclic amines) is 1. The maximum atomic E-state index is 12.7. The van der Waals surface area contributed by atoms with Gasteiger partial charge in [-0.2, -0.15) is 18.3 Å². The number of nitrogens with zero attached hydrogens (tertiary/aromatic N) is 3. The molecule has 1 aromatic carbocycles. The van der Waals surface area contributed by atoms with E-state index in [0.717, 1.165) is 5.56 Å². The van der Waals surface area contributed by atoms with E-state index < -0.39 is 31.0 Å². The zero-order valence-corrected chi connectivity index (χ0v) is 17.1. The van der Waals surface area contributed by atoms with Crippen LogP contribution in [-0.2, 0) is 14.3 Å². The summed E-state index contributed by atoms with van der Waals surface area (Å²) in [6.07, 6.45) is -4.11. The van der Waals surface area contributed by atoms with Crippen LogP contribution in [0.2, 0.25) is 0 Å². The van der Waals surface area contributed by atoms with Gasteiger partial charge in [0.05, 0.1) is 18.7 Å². The molecule has 1 N–H and O–H groups in total. The third kappa shape index (κ3) is 6.06. The first-order valence-electron chi connectivity index (χ1n) is 10.0. The van der Waals surface area contributed by atoms with Crippen LogP contribution in [0.4, 0.5) is 19.0 Å². The minimum atomic E-state index is -4.34. The molecule has 2 amide bonds. The van der Waals surface area contributed by atoms with Crippen molar-refractivity contribution >= 4 is 17.6 Å². The van der Waals surface area contributed by atoms with Gasteiger partial charge in [0.1, 0.15) is 5.82 Å². The molecule has 168 valence electrons. The molecule has 2 aromatic rings. The van der Waals surface area contributed by atoms with Crippen LogP contribution >= 0.6 is 0 Å². The number of aromatic nitrogens is 2. The summed E-state index contributed by atoms with van der Waals surface area (Å²) in [5.41, 5.74) is 0.722. The first-order chi connectivity index (χ1) is 14.8. The Kier molecular flexibility index (Phi) is 7.32. The molecule has 2 heterocycles. The SMILES string of the molecule is COC(C(=O)Nc1ccnn1C1CCN(C(=O)CCC(F)(F)F)CC1)c1ccccc1. The van der Waals surface area contributed by atoms with E-state index in [4.69, 9.17) is 4.74 Å². The summed E-state index contributed by atoms with van der Waals surface area (Å²) in [4.78, 5) is 26.2. The molecule has 10 heteroatoms. The monoisotopic (exact) mass is 438 g/mol. The Balaban J connectivity index is 1.58. The van der Waals surface area contributed by atoms with Gasteiger partial charge in [0, 0.05) is 32.7 Å². The van der Waals surface area contributed by atoms with Gasteiger partial charge in [-0.3, -0.25) is 9.59 Å². The lowest BCUT2D eigenvalue weighted by molar-refractivity contribution is -0.149. The van der Waals surface area contributed by atoms with Crippen molar-refractivity contribution in [1.29, 1.82) is 0 Å². The smallest absolute Gasteiger partial charge is 0.367 e. The topological polar surface area (TPSA) is 76.5 Å². The first-order valence-corrected chi connectivity index (χ1v) is 10.0. The second kappa shape index (κ2) is 9.95. The molecule has 7 nitrogen and oxygen atoms in total. The van der Waals surface area contributed by atoms with E-state index in [-0.39, 0.29) is 11.9 Å². The number of amides is 2. The number of benzene rings is 1. The molecule has 31 heavy (non-hydrogen) atoms. The molecule has 0 saturated carbocycles. The molecule has 1 atom stereocenters.